The standard InChI is InChI=1S/C20H20FN3O2/c1-24-12-11-22-20(24)19(15-5-7-16(21)8-6-15)23-18(25)13-14-3-9-17(26-2)10-4-14/h3-12,19H,13H2,1-2H3,(H,23,25)/t19-/m0/s1. The van der Waals surface area contributed by atoms with Gasteiger partial charge in [0.15, 0.2) is 0 Å². The van der Waals surface area contributed by atoms with E-state index in [9.17, 15) is 9.18 Å². The van der Waals surface area contributed by atoms with Gasteiger partial charge in [-0.25, -0.2) is 9.37 Å². The average molecular weight is 353 g/mol. The molecule has 3 rings (SSSR count). The first-order valence-corrected chi connectivity index (χ1v) is 8.22. The summed E-state index contributed by atoms with van der Waals surface area (Å²) in [6.45, 7) is 0. The predicted octanol–water partition coefficient (Wildman–Crippen LogP) is 3.02. The fourth-order valence-corrected chi connectivity index (χ4v) is 2.75. The van der Waals surface area contributed by atoms with Crippen molar-refractivity contribution in [3.05, 3.63) is 83.7 Å². The summed E-state index contributed by atoms with van der Waals surface area (Å²) in [5.74, 6) is 0.954. The minimum Gasteiger partial charge on any atom is -0.497 e. The van der Waals surface area contributed by atoms with Gasteiger partial charge in [-0.3, -0.25) is 4.79 Å². The Morgan fingerprint density at radius 3 is 2.46 bits per heavy atom. The van der Waals surface area contributed by atoms with E-state index < -0.39 is 6.04 Å². The zero-order valence-electron chi connectivity index (χ0n) is 14.6. The summed E-state index contributed by atoms with van der Waals surface area (Å²) in [4.78, 5) is 16.9. The Labute approximate surface area is 151 Å². The number of nitrogens with one attached hydrogen (secondary N) is 1. The van der Waals surface area contributed by atoms with Crippen molar-refractivity contribution in [2.45, 2.75) is 12.5 Å². The summed E-state index contributed by atoms with van der Waals surface area (Å²) >= 11 is 0. The molecule has 0 saturated heterocycles. The lowest BCUT2D eigenvalue weighted by Crippen LogP contribution is -2.32. The molecule has 1 atom stereocenters. The number of ether oxygens (including phenoxy) is 1. The van der Waals surface area contributed by atoms with Crippen molar-refractivity contribution in [1.82, 2.24) is 14.9 Å². The number of imidazole rings is 1. The van der Waals surface area contributed by atoms with Crippen molar-refractivity contribution in [3.8, 4) is 5.75 Å². The second-order valence-corrected chi connectivity index (χ2v) is 5.97. The third-order valence-corrected chi connectivity index (χ3v) is 4.15. The summed E-state index contributed by atoms with van der Waals surface area (Å²) in [7, 11) is 3.45. The number of halogens is 1. The summed E-state index contributed by atoms with van der Waals surface area (Å²) in [6, 6.07) is 12.9. The molecule has 1 N–H and O–H groups in total. The van der Waals surface area contributed by atoms with Crippen LogP contribution >= 0.6 is 0 Å². The zero-order chi connectivity index (χ0) is 18.5. The molecule has 3 aromatic rings. The van der Waals surface area contributed by atoms with Gasteiger partial charge < -0.3 is 14.6 Å². The molecule has 134 valence electrons. The highest BCUT2D eigenvalue weighted by molar-refractivity contribution is 5.79. The topological polar surface area (TPSA) is 56.1 Å². The van der Waals surface area contributed by atoms with Crippen molar-refractivity contribution >= 4 is 5.91 Å². The fourth-order valence-electron chi connectivity index (χ4n) is 2.75. The van der Waals surface area contributed by atoms with E-state index >= 15 is 0 Å². The maximum atomic E-state index is 13.3. The van der Waals surface area contributed by atoms with Crippen LogP contribution < -0.4 is 10.1 Å². The van der Waals surface area contributed by atoms with Crippen LogP contribution in [0.3, 0.4) is 0 Å². The van der Waals surface area contributed by atoms with Crippen LogP contribution in [0, 0.1) is 5.82 Å². The minimum atomic E-state index is -0.457. The number of methoxy groups -OCH3 is 1. The number of aromatic nitrogens is 2. The highest BCUT2D eigenvalue weighted by atomic mass is 19.1. The Bertz CT molecular complexity index is 873. The van der Waals surface area contributed by atoms with Crippen LogP contribution in [0.5, 0.6) is 5.75 Å². The van der Waals surface area contributed by atoms with Gasteiger partial charge >= 0.3 is 0 Å². The highest BCUT2D eigenvalue weighted by Crippen LogP contribution is 2.21. The van der Waals surface area contributed by atoms with Gasteiger partial charge in [0.25, 0.3) is 0 Å². The lowest BCUT2D eigenvalue weighted by Gasteiger charge is -2.19. The van der Waals surface area contributed by atoms with E-state index in [1.807, 2.05) is 42.1 Å². The molecule has 0 saturated carbocycles. The second kappa shape index (κ2) is 7.82. The lowest BCUT2D eigenvalue weighted by atomic mass is 10.0. The molecule has 6 heteroatoms. The SMILES string of the molecule is COc1ccc(CC(=O)N[C@@H](c2ccc(F)cc2)c2nccn2C)cc1. The molecule has 2 aromatic carbocycles. The van der Waals surface area contributed by atoms with Crippen LogP contribution in [-0.2, 0) is 18.3 Å². The Hall–Kier alpha value is -3.15. The van der Waals surface area contributed by atoms with E-state index in [4.69, 9.17) is 4.74 Å². The third kappa shape index (κ3) is 4.08. The van der Waals surface area contributed by atoms with Crippen LogP contribution in [-0.4, -0.2) is 22.6 Å². The normalized spacial score (nSPS) is 11.8. The molecule has 0 unspecified atom stereocenters. The Balaban J connectivity index is 1.79. The Morgan fingerprint density at radius 2 is 1.88 bits per heavy atom. The first-order chi connectivity index (χ1) is 12.6. The van der Waals surface area contributed by atoms with Crippen LogP contribution in [0.25, 0.3) is 0 Å². The van der Waals surface area contributed by atoms with Gasteiger partial charge in [-0.1, -0.05) is 24.3 Å². The van der Waals surface area contributed by atoms with E-state index in [0.717, 1.165) is 16.9 Å². The van der Waals surface area contributed by atoms with Gasteiger partial charge in [0.1, 0.15) is 23.4 Å². The fraction of sp³-hybridized carbons (Fsp3) is 0.200. The lowest BCUT2D eigenvalue weighted by molar-refractivity contribution is -0.121. The van der Waals surface area contributed by atoms with E-state index in [-0.39, 0.29) is 18.1 Å². The number of carbonyl (C=O) groups is 1. The molecular formula is C20H20FN3O2. The molecule has 1 amide bonds. The number of nitrogens with zero attached hydrogens (tertiary/aromatic N) is 2. The molecular weight excluding hydrogens is 333 g/mol. The molecule has 0 aliphatic rings. The van der Waals surface area contributed by atoms with Gasteiger partial charge in [-0.05, 0) is 35.4 Å². The first kappa shape index (κ1) is 17.7. The molecule has 1 aromatic heterocycles. The summed E-state index contributed by atoms with van der Waals surface area (Å²) in [6.07, 6.45) is 3.70. The molecule has 0 radical (unpaired) electrons. The van der Waals surface area contributed by atoms with E-state index in [1.165, 1.54) is 12.1 Å². The van der Waals surface area contributed by atoms with Crippen molar-refractivity contribution in [2.24, 2.45) is 7.05 Å². The Morgan fingerprint density at radius 1 is 1.19 bits per heavy atom. The highest BCUT2D eigenvalue weighted by Gasteiger charge is 2.21. The van der Waals surface area contributed by atoms with E-state index in [1.54, 1.807) is 25.4 Å². The second-order valence-electron chi connectivity index (χ2n) is 5.97. The molecule has 5 nitrogen and oxygen atoms in total. The molecule has 0 spiro atoms. The number of aryl methyl sites for hydroxylation is 1. The van der Waals surface area contributed by atoms with Crippen LogP contribution in [0.1, 0.15) is 23.0 Å². The summed E-state index contributed by atoms with van der Waals surface area (Å²) < 4.78 is 20.2. The van der Waals surface area contributed by atoms with Gasteiger partial charge in [-0.15, -0.1) is 0 Å². The monoisotopic (exact) mass is 353 g/mol. The number of amides is 1. The minimum absolute atomic E-state index is 0.146. The Kier molecular flexibility index (Phi) is 5.31. The van der Waals surface area contributed by atoms with Gasteiger partial charge in [-0.2, -0.15) is 0 Å². The molecule has 26 heavy (non-hydrogen) atoms. The van der Waals surface area contributed by atoms with Crippen molar-refractivity contribution < 1.29 is 13.9 Å². The van der Waals surface area contributed by atoms with Crippen LogP contribution in [0.15, 0.2) is 60.9 Å². The van der Waals surface area contributed by atoms with E-state index in [0.29, 0.717) is 5.82 Å². The zero-order valence-corrected chi connectivity index (χ0v) is 14.6. The molecule has 0 bridgehead atoms. The van der Waals surface area contributed by atoms with Gasteiger partial charge in [0.2, 0.25) is 5.91 Å². The van der Waals surface area contributed by atoms with Crippen LogP contribution in [0.4, 0.5) is 4.39 Å². The quantitative estimate of drug-likeness (QED) is 0.741. The van der Waals surface area contributed by atoms with E-state index in [2.05, 4.69) is 10.3 Å². The van der Waals surface area contributed by atoms with Crippen LogP contribution in [0.2, 0.25) is 0 Å². The molecule has 0 fully saturated rings. The van der Waals surface area contributed by atoms with Crippen molar-refractivity contribution in [2.75, 3.05) is 7.11 Å². The molecule has 1 heterocycles. The number of carbonyl (C=O) groups excluding carboxylic acids is 1. The van der Waals surface area contributed by atoms with Crippen molar-refractivity contribution in [1.29, 1.82) is 0 Å². The predicted molar refractivity (Wildman–Crippen MR) is 96.3 cm³/mol. The maximum absolute atomic E-state index is 13.3. The first-order valence-electron chi connectivity index (χ1n) is 8.22. The van der Waals surface area contributed by atoms with Crippen molar-refractivity contribution in [3.63, 3.8) is 0 Å². The third-order valence-electron chi connectivity index (χ3n) is 4.15. The summed E-state index contributed by atoms with van der Waals surface area (Å²) in [5, 5.41) is 3.00. The average Bonchev–Trinajstić information content (AvgIpc) is 3.07. The van der Waals surface area contributed by atoms with Gasteiger partial charge in [0.05, 0.1) is 13.5 Å². The molecule has 0 aliphatic heterocycles. The summed E-state index contributed by atoms with van der Waals surface area (Å²) in [5.41, 5.74) is 1.64. The number of rotatable bonds is 6. The van der Waals surface area contributed by atoms with Gasteiger partial charge in [0, 0.05) is 19.4 Å². The number of hydrogen-bond acceptors (Lipinski definition) is 3. The molecule has 0 aliphatic carbocycles. The number of benzene rings is 2. The maximum Gasteiger partial charge on any atom is 0.225 e. The largest absolute Gasteiger partial charge is 0.497 e. The number of hydrogen-bond donors (Lipinski definition) is 1. The smallest absolute Gasteiger partial charge is 0.225 e.